The second-order valence-corrected chi connectivity index (χ2v) is 4.07. The van der Waals surface area contributed by atoms with Gasteiger partial charge in [-0.3, -0.25) is 0 Å². The van der Waals surface area contributed by atoms with Crippen LogP contribution < -0.4 is 21.6 Å². The molecule has 0 spiro atoms. The molecule has 11 heteroatoms. The maximum atomic E-state index is 12.1. The molecule has 0 bridgehead atoms. The number of alkyl halides is 10. The van der Waals surface area contributed by atoms with Gasteiger partial charge in [-0.05, 0) is 0 Å². The molecule has 0 saturated heterocycles. The quantitative estimate of drug-likeness (QED) is 0.404. The molecule has 1 N–H and O–H groups in total. The summed E-state index contributed by atoms with van der Waals surface area (Å²) in [6, 6.07) is 0. The molecular formula is C4HF9IO-. The fraction of sp³-hybridized carbons (Fsp3) is 1.00. The second kappa shape index (κ2) is 3.82. The van der Waals surface area contributed by atoms with E-state index in [1.807, 2.05) is 0 Å². The normalized spacial score (nSPS) is 15.9. The van der Waals surface area contributed by atoms with E-state index in [9.17, 15) is 39.5 Å². The second-order valence-electron chi connectivity index (χ2n) is 2.23. The van der Waals surface area contributed by atoms with Crippen LogP contribution in [0.2, 0.25) is 0 Å². The summed E-state index contributed by atoms with van der Waals surface area (Å²) in [5, 5.41) is 0. The van der Waals surface area contributed by atoms with Gasteiger partial charge in [-0.25, -0.2) is 0 Å². The maximum absolute atomic E-state index is 12.1. The molecule has 0 radical (unpaired) electrons. The average molecular weight is 363 g/mol. The number of rotatable bonds is 3. The zero-order valence-electron chi connectivity index (χ0n) is 6.23. The Hall–Kier alpha value is 0.0600. The van der Waals surface area contributed by atoms with Gasteiger partial charge in [0.15, 0.2) is 0 Å². The van der Waals surface area contributed by atoms with Gasteiger partial charge >= 0.3 is 86.5 Å². The molecule has 0 rings (SSSR count). The van der Waals surface area contributed by atoms with Gasteiger partial charge in [-0.15, -0.1) is 0 Å². The molecule has 0 amide bonds. The molecule has 94 valence electrons. The van der Waals surface area contributed by atoms with Crippen molar-refractivity contribution in [2.24, 2.45) is 0 Å². The molecular weight excluding hydrogens is 362 g/mol. The fourth-order valence-electron chi connectivity index (χ4n) is 0.409. The Morgan fingerprint density at radius 1 is 0.667 bits per heavy atom. The Morgan fingerprint density at radius 2 is 1.00 bits per heavy atom. The average Bonchev–Trinajstić information content (AvgIpc) is 2.01. The van der Waals surface area contributed by atoms with E-state index in [0.29, 0.717) is 0 Å². The molecule has 0 aromatic carbocycles. The van der Waals surface area contributed by atoms with Gasteiger partial charge < -0.3 is 0 Å². The van der Waals surface area contributed by atoms with E-state index in [4.69, 9.17) is 3.44 Å². The third-order valence-electron chi connectivity index (χ3n) is 1.21. The molecule has 1 nitrogen and oxygen atoms in total. The minimum atomic E-state index is -6.90. The van der Waals surface area contributed by atoms with E-state index in [2.05, 4.69) is 0 Å². The van der Waals surface area contributed by atoms with Crippen molar-refractivity contribution in [3.8, 4) is 0 Å². The summed E-state index contributed by atoms with van der Waals surface area (Å²) >= 11 is -3.81. The van der Waals surface area contributed by atoms with Crippen molar-refractivity contribution in [3.63, 3.8) is 0 Å². The van der Waals surface area contributed by atoms with Crippen LogP contribution in [-0.2, 0) is 0 Å². The predicted molar refractivity (Wildman–Crippen MR) is 23.1 cm³/mol. The molecule has 0 unspecified atom stereocenters. The van der Waals surface area contributed by atoms with Crippen molar-refractivity contribution >= 4 is 0 Å². The van der Waals surface area contributed by atoms with Gasteiger partial charge in [0.2, 0.25) is 0 Å². The van der Waals surface area contributed by atoms with Gasteiger partial charge in [0.1, 0.15) is 0 Å². The van der Waals surface area contributed by atoms with Crippen LogP contribution in [0.15, 0.2) is 0 Å². The summed E-state index contributed by atoms with van der Waals surface area (Å²) < 4.78 is 108. The summed E-state index contributed by atoms with van der Waals surface area (Å²) in [6.07, 6.45) is -6.82. The van der Waals surface area contributed by atoms with Crippen LogP contribution in [0.3, 0.4) is 0 Å². The Balaban J connectivity index is 5.38. The Labute approximate surface area is 87.1 Å². The van der Waals surface area contributed by atoms with E-state index >= 15 is 0 Å². The first kappa shape index (κ1) is 15.1. The standard InChI is InChI=1S/C4HF9IO/c5-1(6,3(9,10)11)2(7,8)4(12,13)14-15/h15H/q-1. The van der Waals surface area contributed by atoms with Gasteiger partial charge in [0.05, 0.1) is 0 Å². The van der Waals surface area contributed by atoms with Crippen molar-refractivity contribution in [1.29, 1.82) is 0 Å². The van der Waals surface area contributed by atoms with Gasteiger partial charge in [0.25, 0.3) is 0 Å². The SMILES string of the molecule is O[I-]C(F)(F)C(F)(F)C(F)(F)C(F)(F)F. The van der Waals surface area contributed by atoms with Crippen LogP contribution in [0.1, 0.15) is 0 Å². The van der Waals surface area contributed by atoms with E-state index in [0.717, 1.165) is 0 Å². The van der Waals surface area contributed by atoms with Crippen LogP contribution in [-0.4, -0.2) is 25.4 Å². The molecule has 0 aromatic rings. The molecule has 0 aromatic heterocycles. The third kappa shape index (κ3) is 2.26. The molecule has 15 heavy (non-hydrogen) atoms. The molecule has 0 saturated carbocycles. The van der Waals surface area contributed by atoms with Crippen molar-refractivity contribution in [2.45, 2.75) is 22.0 Å². The first-order valence-electron chi connectivity index (χ1n) is 2.81. The van der Waals surface area contributed by atoms with Crippen molar-refractivity contribution in [3.05, 3.63) is 0 Å². The van der Waals surface area contributed by atoms with Gasteiger partial charge in [0, 0.05) is 0 Å². The van der Waals surface area contributed by atoms with Crippen LogP contribution >= 0.6 is 0 Å². The molecule has 0 aliphatic carbocycles. The van der Waals surface area contributed by atoms with Crippen LogP contribution in [0.4, 0.5) is 39.5 Å². The van der Waals surface area contributed by atoms with E-state index in [1.54, 1.807) is 0 Å². The van der Waals surface area contributed by atoms with Crippen molar-refractivity contribution < 1.29 is 64.6 Å². The minimum absolute atomic E-state index is 3.81. The third-order valence-corrected chi connectivity index (χ3v) is 2.50. The Bertz CT molecular complexity index is 233. The summed E-state index contributed by atoms with van der Waals surface area (Å²) in [5.74, 6) is -13.6. The van der Waals surface area contributed by atoms with Crippen molar-refractivity contribution in [2.75, 3.05) is 0 Å². The number of hydrogen-bond acceptors (Lipinski definition) is 1. The Kier molecular flexibility index (Phi) is 3.83. The zero-order chi connectivity index (χ0) is 12.7. The summed E-state index contributed by atoms with van der Waals surface area (Å²) in [6.45, 7) is 0. The monoisotopic (exact) mass is 363 g/mol. The molecule has 0 heterocycles. The number of halogens is 10. The zero-order valence-corrected chi connectivity index (χ0v) is 8.38. The fourth-order valence-corrected chi connectivity index (χ4v) is 1.05. The van der Waals surface area contributed by atoms with Crippen LogP contribution in [0, 0.1) is 0 Å². The molecule has 0 aliphatic heterocycles. The van der Waals surface area contributed by atoms with Crippen LogP contribution in [0.5, 0.6) is 0 Å². The summed E-state index contributed by atoms with van der Waals surface area (Å²) in [5.41, 5.74) is 0. The van der Waals surface area contributed by atoms with Crippen LogP contribution in [0.25, 0.3) is 0 Å². The first-order chi connectivity index (χ1) is 6.31. The Morgan fingerprint density at radius 3 is 1.20 bits per heavy atom. The molecule has 0 aliphatic rings. The molecule has 0 atom stereocenters. The predicted octanol–water partition coefficient (Wildman–Crippen LogP) is -0.592. The summed E-state index contributed by atoms with van der Waals surface area (Å²) in [7, 11) is 0. The van der Waals surface area contributed by atoms with E-state index in [-0.39, 0.29) is 0 Å². The first-order valence-corrected chi connectivity index (χ1v) is 4.85. The summed E-state index contributed by atoms with van der Waals surface area (Å²) in [4.78, 5) is 0. The van der Waals surface area contributed by atoms with Gasteiger partial charge in [-0.1, -0.05) is 0 Å². The topological polar surface area (TPSA) is 20.2 Å². The van der Waals surface area contributed by atoms with E-state index < -0.39 is 43.6 Å². The molecule has 0 fully saturated rings. The van der Waals surface area contributed by atoms with Gasteiger partial charge in [-0.2, -0.15) is 0 Å². The number of hydrogen-bond donors (Lipinski definition) is 1. The van der Waals surface area contributed by atoms with E-state index in [1.165, 1.54) is 0 Å². The van der Waals surface area contributed by atoms with Crippen molar-refractivity contribution in [1.82, 2.24) is 0 Å².